The van der Waals surface area contributed by atoms with E-state index in [9.17, 15) is 18.7 Å². The number of anilines is 1. The molecule has 2 aromatic carbocycles. The smallest absolute Gasteiger partial charge is 0.321 e. The number of nitrogens with one attached hydrogen (secondary N) is 2. The van der Waals surface area contributed by atoms with E-state index in [0.717, 1.165) is 29.1 Å². The van der Waals surface area contributed by atoms with Crippen LogP contribution in [0, 0.1) is 23.0 Å². The fraction of sp³-hybridized carbons (Fsp3) is 0.391. The number of carbonyl (C=O) groups excluding carboxylic acids is 1. The molecule has 3 N–H and O–H groups in total. The van der Waals surface area contributed by atoms with Crippen LogP contribution in [0.25, 0.3) is 10.9 Å². The summed E-state index contributed by atoms with van der Waals surface area (Å²) in [4.78, 5) is 14.1. The molecule has 1 fully saturated rings. The number of amides is 2. The fourth-order valence-electron chi connectivity index (χ4n) is 4.50. The Morgan fingerprint density at radius 1 is 1.28 bits per heavy atom. The summed E-state index contributed by atoms with van der Waals surface area (Å²) in [5.74, 6) is -1.18. The molecule has 1 aliphatic rings. The molecule has 9 heteroatoms. The fourth-order valence-corrected chi connectivity index (χ4v) is 4.74. The third-order valence-corrected chi connectivity index (χ3v) is 6.77. The number of H-pyrrole nitrogens is 1. The summed E-state index contributed by atoms with van der Waals surface area (Å²) >= 11 is 6.25. The first-order chi connectivity index (χ1) is 15.2. The van der Waals surface area contributed by atoms with Gasteiger partial charge in [0.05, 0.1) is 23.5 Å². The normalized spacial score (nSPS) is 16.4. The SMILES string of the molecule is CC(C)(C1CCN(C(=O)Nc2cc(F)ccc2F)CC1)C(O)c1cc(Cl)cc2cn[nH]c12. The van der Waals surface area contributed by atoms with Crippen molar-refractivity contribution in [3.05, 3.63) is 58.7 Å². The van der Waals surface area contributed by atoms with Gasteiger partial charge in [-0.15, -0.1) is 0 Å². The van der Waals surface area contributed by atoms with Crippen molar-refractivity contribution < 1.29 is 18.7 Å². The number of rotatable bonds is 4. The summed E-state index contributed by atoms with van der Waals surface area (Å²) in [5, 5.41) is 22.1. The highest BCUT2D eigenvalue weighted by atomic mass is 35.5. The zero-order valence-electron chi connectivity index (χ0n) is 17.8. The zero-order chi connectivity index (χ0) is 23.0. The van der Waals surface area contributed by atoms with Gasteiger partial charge in [-0.05, 0) is 48.4 Å². The number of nitrogens with zero attached hydrogens (tertiary/aromatic N) is 2. The molecule has 1 aliphatic heterocycles. The lowest BCUT2D eigenvalue weighted by molar-refractivity contribution is -0.0138. The van der Waals surface area contributed by atoms with Crippen molar-refractivity contribution in [3.63, 3.8) is 0 Å². The Morgan fingerprint density at radius 2 is 2.00 bits per heavy atom. The Labute approximate surface area is 189 Å². The van der Waals surface area contributed by atoms with Gasteiger partial charge in [0.25, 0.3) is 0 Å². The number of likely N-dealkylation sites (tertiary alicyclic amines) is 1. The zero-order valence-corrected chi connectivity index (χ0v) is 18.6. The van der Waals surface area contributed by atoms with Gasteiger partial charge in [0.1, 0.15) is 11.6 Å². The largest absolute Gasteiger partial charge is 0.388 e. The van der Waals surface area contributed by atoms with Gasteiger partial charge in [-0.25, -0.2) is 13.6 Å². The van der Waals surface area contributed by atoms with Crippen LogP contribution in [0.2, 0.25) is 5.02 Å². The summed E-state index contributed by atoms with van der Waals surface area (Å²) in [6.45, 7) is 4.89. The molecule has 32 heavy (non-hydrogen) atoms. The van der Waals surface area contributed by atoms with Crippen molar-refractivity contribution in [1.29, 1.82) is 0 Å². The molecular weight excluding hydrogens is 438 g/mol. The number of hydrogen-bond donors (Lipinski definition) is 3. The van der Waals surface area contributed by atoms with E-state index in [4.69, 9.17) is 11.6 Å². The molecule has 0 saturated carbocycles. The quantitative estimate of drug-likeness (QED) is 0.479. The Morgan fingerprint density at radius 3 is 2.72 bits per heavy atom. The van der Waals surface area contributed by atoms with Crippen molar-refractivity contribution in [2.45, 2.75) is 32.8 Å². The number of aliphatic hydroxyl groups excluding tert-OH is 1. The number of carbonyl (C=O) groups is 1. The molecule has 1 aromatic heterocycles. The average Bonchev–Trinajstić information content (AvgIpc) is 3.23. The van der Waals surface area contributed by atoms with Gasteiger partial charge in [-0.3, -0.25) is 5.10 Å². The Balaban J connectivity index is 1.44. The topological polar surface area (TPSA) is 81.2 Å². The molecule has 0 spiro atoms. The number of fused-ring (bicyclic) bond motifs is 1. The van der Waals surface area contributed by atoms with Gasteiger partial charge < -0.3 is 15.3 Å². The predicted octanol–water partition coefficient (Wildman–Crippen LogP) is 5.50. The van der Waals surface area contributed by atoms with Crippen molar-refractivity contribution >= 4 is 34.2 Å². The molecule has 1 atom stereocenters. The van der Waals surface area contributed by atoms with Crippen molar-refractivity contribution in [2.75, 3.05) is 18.4 Å². The lowest BCUT2D eigenvalue weighted by Gasteiger charge is -2.43. The Hall–Kier alpha value is -2.71. The van der Waals surface area contributed by atoms with Gasteiger partial charge in [-0.1, -0.05) is 25.4 Å². The van der Waals surface area contributed by atoms with Crippen molar-refractivity contribution in [2.24, 2.45) is 11.3 Å². The van der Waals surface area contributed by atoms with Crippen LogP contribution in [0.1, 0.15) is 38.4 Å². The predicted molar refractivity (Wildman–Crippen MR) is 120 cm³/mol. The standard InChI is InChI=1S/C23H25ClF2N4O2/c1-23(2,21(31)17-10-15(24)9-13-12-27-29-20(13)17)14-5-7-30(8-6-14)22(32)28-19-11-16(25)3-4-18(19)26/h3-4,9-12,14,21,31H,5-8H2,1-2H3,(H,27,29)(H,28,32). The van der Waals surface area contributed by atoms with Crippen molar-refractivity contribution in [1.82, 2.24) is 15.1 Å². The van der Waals surface area contributed by atoms with Crippen LogP contribution >= 0.6 is 11.6 Å². The molecule has 0 aliphatic carbocycles. The third-order valence-electron chi connectivity index (χ3n) is 6.55. The number of hydrogen-bond acceptors (Lipinski definition) is 3. The summed E-state index contributed by atoms with van der Waals surface area (Å²) < 4.78 is 27.2. The summed E-state index contributed by atoms with van der Waals surface area (Å²) in [6.07, 6.45) is 2.20. The van der Waals surface area contributed by atoms with Crippen molar-refractivity contribution in [3.8, 4) is 0 Å². The lowest BCUT2D eigenvalue weighted by Crippen LogP contribution is -2.45. The summed E-state index contributed by atoms with van der Waals surface area (Å²) in [6, 6.07) is 6.02. The summed E-state index contributed by atoms with van der Waals surface area (Å²) in [5.41, 5.74) is 0.762. The first-order valence-electron chi connectivity index (χ1n) is 10.5. The highest BCUT2D eigenvalue weighted by Gasteiger charge is 2.40. The number of benzene rings is 2. The molecule has 3 aromatic rings. The molecule has 170 valence electrons. The monoisotopic (exact) mass is 462 g/mol. The maximum absolute atomic E-state index is 13.8. The highest BCUT2D eigenvalue weighted by Crippen LogP contribution is 2.46. The van der Waals surface area contributed by atoms with Crippen LogP contribution in [-0.4, -0.2) is 39.3 Å². The van der Waals surface area contributed by atoms with Crippen LogP contribution in [0.3, 0.4) is 0 Å². The van der Waals surface area contributed by atoms with Gasteiger partial charge in [0.2, 0.25) is 0 Å². The number of urea groups is 1. The minimum atomic E-state index is -0.795. The average molecular weight is 463 g/mol. The van der Waals surface area contributed by atoms with Gasteiger partial charge >= 0.3 is 6.03 Å². The highest BCUT2D eigenvalue weighted by molar-refractivity contribution is 6.31. The van der Waals surface area contributed by atoms with Crippen LogP contribution in [0.15, 0.2) is 36.5 Å². The van der Waals surface area contributed by atoms with Crippen LogP contribution in [0.4, 0.5) is 19.3 Å². The Bertz CT molecular complexity index is 1140. The van der Waals surface area contributed by atoms with Gasteiger partial charge in [0, 0.05) is 35.1 Å². The first-order valence-corrected chi connectivity index (χ1v) is 10.9. The second-order valence-corrected chi connectivity index (χ2v) is 9.31. The van der Waals surface area contributed by atoms with E-state index < -0.39 is 29.2 Å². The number of aromatic amines is 1. The number of piperidine rings is 1. The van der Waals surface area contributed by atoms with E-state index in [0.29, 0.717) is 36.5 Å². The maximum atomic E-state index is 13.8. The molecule has 2 heterocycles. The number of aromatic nitrogens is 2. The molecule has 0 radical (unpaired) electrons. The van der Waals surface area contributed by atoms with E-state index in [-0.39, 0.29) is 11.6 Å². The molecule has 6 nitrogen and oxygen atoms in total. The van der Waals surface area contributed by atoms with Gasteiger partial charge in [0.15, 0.2) is 0 Å². The third kappa shape index (κ3) is 4.29. The van der Waals surface area contributed by atoms with E-state index in [1.165, 1.54) is 0 Å². The molecule has 1 unspecified atom stereocenters. The van der Waals surface area contributed by atoms with E-state index in [1.807, 2.05) is 13.8 Å². The molecule has 0 bridgehead atoms. The molecule has 2 amide bonds. The first kappa shape index (κ1) is 22.5. The maximum Gasteiger partial charge on any atom is 0.321 e. The number of aliphatic hydroxyl groups is 1. The lowest BCUT2D eigenvalue weighted by atomic mass is 9.68. The van der Waals surface area contributed by atoms with Crippen LogP contribution in [0.5, 0.6) is 0 Å². The van der Waals surface area contributed by atoms with Crippen LogP contribution in [-0.2, 0) is 0 Å². The minimum absolute atomic E-state index is 0.129. The second kappa shape index (κ2) is 8.67. The Kier molecular flexibility index (Phi) is 6.09. The molecular formula is C23H25ClF2N4O2. The van der Waals surface area contributed by atoms with E-state index in [2.05, 4.69) is 15.5 Å². The van der Waals surface area contributed by atoms with Gasteiger partial charge in [-0.2, -0.15) is 5.10 Å². The van der Waals surface area contributed by atoms with E-state index in [1.54, 1.807) is 23.2 Å². The minimum Gasteiger partial charge on any atom is -0.388 e. The molecule has 4 rings (SSSR count). The summed E-state index contributed by atoms with van der Waals surface area (Å²) in [7, 11) is 0. The van der Waals surface area contributed by atoms with Crippen LogP contribution < -0.4 is 5.32 Å². The van der Waals surface area contributed by atoms with E-state index >= 15 is 0 Å². The second-order valence-electron chi connectivity index (χ2n) is 8.87. The number of halogens is 3. The molecule has 1 saturated heterocycles.